The van der Waals surface area contributed by atoms with Crippen LogP contribution in [0.25, 0.3) is 0 Å². The molecule has 1 aromatic carbocycles. The van der Waals surface area contributed by atoms with Crippen molar-refractivity contribution in [3.63, 3.8) is 0 Å². The van der Waals surface area contributed by atoms with E-state index in [2.05, 4.69) is 13.8 Å². The molecule has 1 amide bonds. The topological polar surface area (TPSA) is 77.3 Å². The van der Waals surface area contributed by atoms with Gasteiger partial charge in [-0.25, -0.2) is 14.5 Å². The Balaban J connectivity index is 1.61. The largest absolute Gasteiger partial charge is 0.465 e. The molecule has 4 rings (SSSR count). The van der Waals surface area contributed by atoms with Crippen LogP contribution in [0.1, 0.15) is 77.4 Å². The van der Waals surface area contributed by atoms with Gasteiger partial charge in [0.2, 0.25) is 0 Å². The molecule has 2 heterocycles. The molecule has 28 heavy (non-hydrogen) atoms. The first kappa shape index (κ1) is 18.7. The summed E-state index contributed by atoms with van der Waals surface area (Å²) in [7, 11) is 1.34. The van der Waals surface area contributed by atoms with Crippen LogP contribution in [0.2, 0.25) is 0 Å². The molecule has 2 aromatic rings. The van der Waals surface area contributed by atoms with Crippen molar-refractivity contribution in [1.29, 1.82) is 0 Å². The average Bonchev–Trinajstić information content (AvgIpc) is 3.45. The van der Waals surface area contributed by atoms with Gasteiger partial charge in [0, 0.05) is 18.0 Å². The minimum Gasteiger partial charge on any atom is -0.465 e. The van der Waals surface area contributed by atoms with Crippen molar-refractivity contribution in [3.8, 4) is 0 Å². The van der Waals surface area contributed by atoms with Crippen LogP contribution in [0.5, 0.6) is 0 Å². The van der Waals surface area contributed by atoms with Gasteiger partial charge in [-0.1, -0.05) is 13.8 Å². The zero-order chi connectivity index (χ0) is 19.8. The fourth-order valence-electron chi connectivity index (χ4n) is 3.75. The maximum atomic E-state index is 13.3. The van der Waals surface area contributed by atoms with Gasteiger partial charge in [0.25, 0.3) is 5.91 Å². The van der Waals surface area contributed by atoms with E-state index in [0.717, 1.165) is 30.9 Å². The molecule has 1 saturated carbocycles. The third kappa shape index (κ3) is 3.53. The number of carbonyl (C=O) groups is 2. The number of hydrogen-bond donors (Lipinski definition) is 0. The second kappa shape index (κ2) is 7.37. The smallest absolute Gasteiger partial charge is 0.337 e. The van der Waals surface area contributed by atoms with Gasteiger partial charge in [0.15, 0.2) is 5.82 Å². The first-order valence-corrected chi connectivity index (χ1v) is 9.92. The molecular formula is C21H26N4O3. The standard InChI is InChI=1S/C21H26N4O3/c1-13(2)12-17-19-22-18(14-4-5-14)23-25(19)11-10-24(17)20(26)15-6-8-16(9-7-15)21(27)28-3/h6-9,13-14,17H,4-5,10-12H2,1-3H3/t17-/m0/s1. The summed E-state index contributed by atoms with van der Waals surface area (Å²) in [6.07, 6.45) is 3.16. The zero-order valence-corrected chi connectivity index (χ0v) is 16.6. The minimum absolute atomic E-state index is 0.0377. The maximum Gasteiger partial charge on any atom is 0.337 e. The van der Waals surface area contributed by atoms with Crippen LogP contribution < -0.4 is 0 Å². The summed E-state index contributed by atoms with van der Waals surface area (Å²) in [4.78, 5) is 31.6. The number of rotatable bonds is 5. The fraction of sp³-hybridized carbons (Fsp3) is 0.524. The summed E-state index contributed by atoms with van der Waals surface area (Å²) in [5, 5.41) is 4.69. The highest BCUT2D eigenvalue weighted by Gasteiger charge is 2.37. The van der Waals surface area contributed by atoms with E-state index in [0.29, 0.717) is 36.1 Å². The van der Waals surface area contributed by atoms with Gasteiger partial charge in [-0.05, 0) is 49.4 Å². The molecule has 0 spiro atoms. The van der Waals surface area contributed by atoms with E-state index in [9.17, 15) is 9.59 Å². The lowest BCUT2D eigenvalue weighted by Gasteiger charge is -2.36. The third-order valence-corrected chi connectivity index (χ3v) is 5.39. The van der Waals surface area contributed by atoms with Crippen molar-refractivity contribution in [3.05, 3.63) is 47.0 Å². The van der Waals surface area contributed by atoms with Crippen molar-refractivity contribution < 1.29 is 14.3 Å². The van der Waals surface area contributed by atoms with Gasteiger partial charge in [0.1, 0.15) is 5.82 Å². The molecule has 0 unspecified atom stereocenters. The lowest BCUT2D eigenvalue weighted by molar-refractivity contribution is 0.0572. The highest BCUT2D eigenvalue weighted by atomic mass is 16.5. The number of hydrogen-bond acceptors (Lipinski definition) is 5. The van der Waals surface area contributed by atoms with E-state index in [4.69, 9.17) is 14.8 Å². The van der Waals surface area contributed by atoms with Gasteiger partial charge >= 0.3 is 5.97 Å². The summed E-state index contributed by atoms with van der Waals surface area (Å²) in [6, 6.07) is 6.57. The second-order valence-corrected chi connectivity index (χ2v) is 8.04. The van der Waals surface area contributed by atoms with Crippen LogP contribution in [0.3, 0.4) is 0 Å². The molecular weight excluding hydrogens is 356 g/mol. The molecule has 2 aliphatic rings. The summed E-state index contributed by atoms with van der Waals surface area (Å²) < 4.78 is 6.72. The Morgan fingerprint density at radius 1 is 1.14 bits per heavy atom. The zero-order valence-electron chi connectivity index (χ0n) is 16.6. The number of carbonyl (C=O) groups excluding carboxylic acids is 2. The van der Waals surface area contributed by atoms with Gasteiger partial charge in [-0.15, -0.1) is 0 Å². The molecule has 1 fully saturated rings. The molecule has 0 saturated heterocycles. The quantitative estimate of drug-likeness (QED) is 0.742. The van der Waals surface area contributed by atoms with Gasteiger partial charge < -0.3 is 9.64 Å². The Morgan fingerprint density at radius 2 is 1.82 bits per heavy atom. The molecule has 7 heteroatoms. The predicted molar refractivity (Wildman–Crippen MR) is 103 cm³/mol. The van der Waals surface area contributed by atoms with Gasteiger partial charge in [0.05, 0.1) is 25.3 Å². The second-order valence-electron chi connectivity index (χ2n) is 8.04. The van der Waals surface area contributed by atoms with Crippen LogP contribution in [-0.4, -0.2) is 45.2 Å². The first-order valence-electron chi connectivity index (χ1n) is 9.92. The fourth-order valence-corrected chi connectivity index (χ4v) is 3.75. The highest BCUT2D eigenvalue weighted by Crippen LogP contribution is 2.40. The Kier molecular flexibility index (Phi) is 4.91. The number of amides is 1. The molecule has 1 aromatic heterocycles. The van der Waals surface area contributed by atoms with E-state index >= 15 is 0 Å². The number of aromatic nitrogens is 3. The summed E-state index contributed by atoms with van der Waals surface area (Å²) in [5.74, 6) is 2.31. The van der Waals surface area contributed by atoms with Crippen molar-refractivity contribution >= 4 is 11.9 Å². The molecule has 1 atom stereocenters. The van der Waals surface area contributed by atoms with Crippen LogP contribution >= 0.6 is 0 Å². The van der Waals surface area contributed by atoms with Crippen LogP contribution in [0.15, 0.2) is 24.3 Å². The summed E-state index contributed by atoms with van der Waals surface area (Å²) >= 11 is 0. The lowest BCUT2D eigenvalue weighted by Crippen LogP contribution is -2.43. The Bertz CT molecular complexity index is 884. The number of nitrogens with zero attached hydrogens (tertiary/aromatic N) is 4. The SMILES string of the molecule is COC(=O)c1ccc(C(=O)N2CCn3nc(C4CC4)nc3[C@@H]2CC(C)C)cc1. The number of ether oxygens (including phenoxy) is 1. The summed E-state index contributed by atoms with van der Waals surface area (Å²) in [5.41, 5.74) is 1.00. The molecule has 1 aliphatic carbocycles. The van der Waals surface area contributed by atoms with E-state index < -0.39 is 5.97 Å². The highest BCUT2D eigenvalue weighted by molar-refractivity contribution is 5.96. The van der Waals surface area contributed by atoms with Gasteiger partial charge in [-0.2, -0.15) is 5.10 Å². The van der Waals surface area contributed by atoms with Gasteiger partial charge in [-0.3, -0.25) is 4.79 Å². The number of methoxy groups -OCH3 is 1. The molecule has 0 N–H and O–H groups in total. The molecule has 7 nitrogen and oxygen atoms in total. The monoisotopic (exact) mass is 382 g/mol. The van der Waals surface area contributed by atoms with Crippen molar-refractivity contribution in [1.82, 2.24) is 19.7 Å². The molecule has 0 radical (unpaired) electrons. The van der Waals surface area contributed by atoms with Crippen molar-refractivity contribution in [2.45, 2.75) is 51.6 Å². The number of fused-ring (bicyclic) bond motifs is 1. The van der Waals surface area contributed by atoms with Crippen LogP contribution in [-0.2, 0) is 11.3 Å². The Morgan fingerprint density at radius 3 is 2.43 bits per heavy atom. The lowest BCUT2D eigenvalue weighted by atomic mass is 9.99. The van der Waals surface area contributed by atoms with Crippen molar-refractivity contribution in [2.75, 3.05) is 13.7 Å². The maximum absolute atomic E-state index is 13.3. The first-order chi connectivity index (χ1) is 13.5. The minimum atomic E-state index is -0.407. The Labute approximate surface area is 164 Å². The number of esters is 1. The van der Waals surface area contributed by atoms with E-state index in [-0.39, 0.29) is 11.9 Å². The Hall–Kier alpha value is -2.70. The van der Waals surface area contributed by atoms with Crippen molar-refractivity contribution in [2.24, 2.45) is 5.92 Å². The van der Waals surface area contributed by atoms with E-state index in [1.165, 1.54) is 7.11 Å². The van der Waals surface area contributed by atoms with E-state index in [1.54, 1.807) is 24.3 Å². The predicted octanol–water partition coefficient (Wildman–Crippen LogP) is 3.19. The third-order valence-electron chi connectivity index (χ3n) is 5.39. The number of benzene rings is 1. The normalized spacial score (nSPS) is 18.9. The molecule has 0 bridgehead atoms. The van der Waals surface area contributed by atoms with E-state index in [1.807, 2.05) is 9.58 Å². The van der Waals surface area contributed by atoms with Crippen LogP contribution in [0.4, 0.5) is 0 Å². The average molecular weight is 382 g/mol. The molecule has 148 valence electrons. The molecule has 1 aliphatic heterocycles. The van der Waals surface area contributed by atoms with Crippen LogP contribution in [0, 0.1) is 5.92 Å². The summed E-state index contributed by atoms with van der Waals surface area (Å²) in [6.45, 7) is 5.58.